The fourth-order valence-electron chi connectivity index (χ4n) is 10.6. The number of rotatable bonds is 7. The smallest absolute Gasteiger partial charge is 0.278 e. The zero-order valence-corrected chi connectivity index (χ0v) is 37.2. The summed E-state index contributed by atoms with van der Waals surface area (Å²) >= 11 is 0. The average molecular weight is 898 g/mol. The van der Waals surface area contributed by atoms with E-state index < -0.39 is 29.3 Å². The van der Waals surface area contributed by atoms with Crippen molar-refractivity contribution in [2.24, 2.45) is 5.41 Å². The minimum absolute atomic E-state index is 0.0961. The molecule has 3 saturated heterocycles. The number of nitrogens with zero attached hydrogens (tertiary/aromatic N) is 8. The molecule has 0 radical (unpaired) electrons. The van der Waals surface area contributed by atoms with Crippen LogP contribution in [0.4, 0.5) is 27.4 Å². The SMILES string of the molecule is C[C@@]1(O)CC/C=C\Cn2c(=O)c3cnc(Nc4ccc(N5CCN(C6CCC7(CC6)CCN(c6ccc(F)c(C(=O)NC8CCC(=O)NC8=O)c6)CC7)CC5)cc4)nc3n2-c2cccc1n2. The molecule has 10 rings (SSSR count). The van der Waals surface area contributed by atoms with E-state index in [0.717, 1.165) is 69.2 Å². The Bertz CT molecular complexity index is 2740. The summed E-state index contributed by atoms with van der Waals surface area (Å²) in [7, 11) is 0. The molecule has 1 aliphatic carbocycles. The highest BCUT2D eigenvalue weighted by molar-refractivity contribution is 6.04. The van der Waals surface area contributed by atoms with Crippen LogP contribution in [0.15, 0.2) is 83.8 Å². The van der Waals surface area contributed by atoms with E-state index in [1.807, 2.05) is 36.4 Å². The van der Waals surface area contributed by atoms with Gasteiger partial charge in [0.05, 0.1) is 17.8 Å². The Balaban J connectivity index is 0.719. The van der Waals surface area contributed by atoms with Crippen molar-refractivity contribution < 1.29 is 23.9 Å². The molecule has 1 unspecified atom stereocenters. The molecular weight excluding hydrogens is 842 g/mol. The van der Waals surface area contributed by atoms with E-state index in [2.05, 4.69) is 47.8 Å². The Kier molecular flexibility index (Phi) is 11.7. The fraction of sp³-hybridized carbons (Fsp3) is 0.449. The van der Waals surface area contributed by atoms with E-state index in [9.17, 15) is 28.7 Å². The van der Waals surface area contributed by atoms with Gasteiger partial charge in [-0.3, -0.25) is 29.4 Å². The summed E-state index contributed by atoms with van der Waals surface area (Å²) in [6.07, 6.45) is 13.8. The fourth-order valence-corrected chi connectivity index (χ4v) is 10.6. The van der Waals surface area contributed by atoms with Gasteiger partial charge in [0, 0.05) is 75.0 Å². The molecule has 16 nitrogen and oxygen atoms in total. The van der Waals surface area contributed by atoms with Crippen molar-refractivity contribution in [3.8, 4) is 5.82 Å². The molecule has 1 spiro atoms. The van der Waals surface area contributed by atoms with Crippen molar-refractivity contribution in [3.63, 3.8) is 0 Å². The number of fused-ring (bicyclic) bond motifs is 6. The number of piperidine rings is 2. The van der Waals surface area contributed by atoms with Crippen LogP contribution < -0.4 is 31.3 Å². The van der Waals surface area contributed by atoms with Crippen LogP contribution >= 0.6 is 0 Å². The second-order valence-corrected chi connectivity index (χ2v) is 18.8. The molecule has 17 heteroatoms. The molecule has 5 aliphatic rings. The maximum atomic E-state index is 14.9. The molecule has 1 saturated carbocycles. The Morgan fingerprint density at radius 3 is 2.35 bits per heavy atom. The standard InChI is InChI=1S/C49H56FN11O5/c1-48(66)18-3-2-4-23-60-46(65)37-31-51-47(56-43(37)61(60)41-7-5-6-40(48)54-41)52-32-8-10-33(11-9-32)58-26-28-59(29-27-58)34-16-19-49(20-17-34)21-24-57(25-22-49)35-12-13-38(50)36(30-35)44(63)53-39-14-15-42(62)55-45(39)64/h2,4-13,30-31,34,39,66H,3,14-29H2,1H3,(H,53,63)(H,51,52,56)(H,55,62,64)/b4-2-/t39?,48-/m1/s1. The topological polar surface area (TPSA) is 183 Å². The number of hydrogen-bond acceptors (Lipinski definition) is 12. The molecule has 2 aromatic carbocycles. The molecule has 344 valence electrons. The van der Waals surface area contributed by atoms with E-state index in [0.29, 0.717) is 59.3 Å². The van der Waals surface area contributed by atoms with Crippen LogP contribution in [0.25, 0.3) is 16.9 Å². The maximum absolute atomic E-state index is 14.9. The monoisotopic (exact) mass is 897 g/mol. The lowest BCUT2D eigenvalue weighted by Crippen LogP contribution is -2.52. The van der Waals surface area contributed by atoms with E-state index in [1.54, 1.807) is 40.7 Å². The number of piperazine rings is 1. The Morgan fingerprint density at radius 2 is 1.59 bits per heavy atom. The van der Waals surface area contributed by atoms with Crippen molar-refractivity contribution in [3.05, 3.63) is 106 Å². The van der Waals surface area contributed by atoms with Crippen molar-refractivity contribution in [2.75, 3.05) is 54.4 Å². The third kappa shape index (κ3) is 8.68. The molecule has 3 aromatic heterocycles. The average Bonchev–Trinajstić information content (AvgIpc) is 3.59. The highest BCUT2D eigenvalue weighted by Crippen LogP contribution is 2.46. The van der Waals surface area contributed by atoms with Crippen LogP contribution in [0.1, 0.15) is 87.2 Å². The van der Waals surface area contributed by atoms with Gasteiger partial charge in [-0.2, -0.15) is 4.98 Å². The zero-order chi connectivity index (χ0) is 45.6. The molecule has 4 N–H and O–H groups in total. The minimum atomic E-state index is -1.13. The van der Waals surface area contributed by atoms with Gasteiger partial charge < -0.3 is 25.5 Å². The first kappa shape index (κ1) is 43.4. The van der Waals surface area contributed by atoms with E-state index >= 15 is 0 Å². The molecular formula is C49H56FN11O5. The summed E-state index contributed by atoms with van der Waals surface area (Å²) in [4.78, 5) is 71.8. The van der Waals surface area contributed by atoms with E-state index in [1.165, 1.54) is 31.7 Å². The van der Waals surface area contributed by atoms with Gasteiger partial charge >= 0.3 is 0 Å². The molecule has 2 atom stereocenters. The number of amides is 3. The van der Waals surface area contributed by atoms with Gasteiger partial charge in [-0.15, -0.1) is 0 Å². The number of hydrogen-bond donors (Lipinski definition) is 4. The lowest BCUT2D eigenvalue weighted by atomic mass is 9.66. The molecule has 4 fully saturated rings. The number of benzene rings is 2. The number of pyridine rings is 1. The van der Waals surface area contributed by atoms with Gasteiger partial charge in [-0.25, -0.2) is 23.7 Å². The Morgan fingerprint density at radius 1 is 0.848 bits per heavy atom. The molecule has 66 heavy (non-hydrogen) atoms. The summed E-state index contributed by atoms with van der Waals surface area (Å²) in [6.45, 7) is 7.68. The first-order valence-corrected chi connectivity index (χ1v) is 23.3. The lowest BCUT2D eigenvalue weighted by molar-refractivity contribution is -0.134. The Hall–Kier alpha value is -6.46. The second-order valence-electron chi connectivity index (χ2n) is 18.8. The number of anilines is 4. The zero-order valence-electron chi connectivity index (χ0n) is 37.2. The molecule has 7 heterocycles. The van der Waals surface area contributed by atoms with Gasteiger partial charge in [0.2, 0.25) is 17.8 Å². The first-order chi connectivity index (χ1) is 31.9. The number of nitrogens with one attached hydrogen (secondary N) is 3. The number of aromatic nitrogens is 5. The van der Waals surface area contributed by atoms with Crippen LogP contribution in [0.2, 0.25) is 0 Å². The Labute approximate surface area is 381 Å². The van der Waals surface area contributed by atoms with Gasteiger partial charge in [0.25, 0.3) is 11.5 Å². The molecule has 4 aliphatic heterocycles. The number of carbonyl (C=O) groups is 3. The third-order valence-corrected chi connectivity index (χ3v) is 14.7. The number of allylic oxidation sites excluding steroid dienone is 2. The maximum Gasteiger partial charge on any atom is 0.278 e. The second kappa shape index (κ2) is 17.7. The highest BCUT2D eigenvalue weighted by Gasteiger charge is 2.40. The molecule has 3 amide bonds. The van der Waals surface area contributed by atoms with Crippen molar-refractivity contribution in [1.29, 1.82) is 0 Å². The van der Waals surface area contributed by atoms with Crippen LogP contribution in [0.3, 0.4) is 0 Å². The van der Waals surface area contributed by atoms with Gasteiger partial charge in [-0.1, -0.05) is 18.2 Å². The summed E-state index contributed by atoms with van der Waals surface area (Å²) in [6, 6.07) is 18.1. The summed E-state index contributed by atoms with van der Waals surface area (Å²) in [5, 5.41) is 19.7. The van der Waals surface area contributed by atoms with E-state index in [-0.39, 0.29) is 29.9 Å². The van der Waals surface area contributed by atoms with Crippen molar-refractivity contribution in [2.45, 2.75) is 95.4 Å². The predicted molar refractivity (Wildman–Crippen MR) is 249 cm³/mol. The lowest BCUT2D eigenvalue weighted by Gasteiger charge is -2.49. The van der Waals surface area contributed by atoms with Crippen molar-refractivity contribution >= 4 is 51.8 Å². The summed E-state index contributed by atoms with van der Waals surface area (Å²) < 4.78 is 18.2. The van der Waals surface area contributed by atoms with Crippen LogP contribution in [0.5, 0.6) is 0 Å². The number of imide groups is 1. The minimum Gasteiger partial charge on any atom is -0.384 e. The predicted octanol–water partition coefficient (Wildman–Crippen LogP) is 5.30. The van der Waals surface area contributed by atoms with Gasteiger partial charge in [-0.05, 0) is 125 Å². The first-order valence-electron chi connectivity index (χ1n) is 23.3. The quantitative estimate of drug-likeness (QED) is 0.122. The normalized spacial score (nSPS) is 23.2. The summed E-state index contributed by atoms with van der Waals surface area (Å²) in [5.74, 6) is -1.38. The largest absolute Gasteiger partial charge is 0.384 e. The number of aliphatic hydroxyl groups is 1. The third-order valence-electron chi connectivity index (χ3n) is 14.7. The van der Waals surface area contributed by atoms with Crippen LogP contribution in [-0.2, 0) is 21.7 Å². The van der Waals surface area contributed by atoms with E-state index in [4.69, 9.17) is 9.97 Å². The number of halogens is 1. The van der Waals surface area contributed by atoms with Crippen LogP contribution in [0, 0.1) is 11.2 Å². The molecule has 5 aromatic rings. The molecule has 2 bridgehead atoms. The number of carbonyl (C=O) groups excluding carboxylic acids is 3. The van der Waals surface area contributed by atoms with Crippen LogP contribution in [-0.4, -0.2) is 103 Å². The highest BCUT2D eigenvalue weighted by atomic mass is 19.1. The van der Waals surface area contributed by atoms with Crippen molar-refractivity contribution in [1.82, 2.24) is 39.8 Å². The van der Waals surface area contributed by atoms with Gasteiger partial charge in [0.15, 0.2) is 11.5 Å². The summed E-state index contributed by atoms with van der Waals surface area (Å²) in [5.41, 5.74) is 2.61. The van der Waals surface area contributed by atoms with Gasteiger partial charge in [0.1, 0.15) is 22.8 Å².